The molecule has 1 aromatic heterocycles. The van der Waals surface area contributed by atoms with Crippen LogP contribution in [0, 0.1) is 0 Å². The summed E-state index contributed by atoms with van der Waals surface area (Å²) in [4.78, 5) is 2.93. The van der Waals surface area contributed by atoms with Gasteiger partial charge in [-0.25, -0.2) is 13.8 Å². The molecule has 1 aromatic rings. The molecule has 1 rings (SSSR count). The van der Waals surface area contributed by atoms with Gasteiger partial charge in [0.1, 0.15) is 0 Å². The van der Waals surface area contributed by atoms with E-state index >= 15 is 0 Å². The second kappa shape index (κ2) is 4.11. The van der Waals surface area contributed by atoms with Crippen LogP contribution in [0.4, 0.5) is 27.6 Å². The van der Waals surface area contributed by atoms with E-state index in [2.05, 4.69) is 9.72 Å². The van der Waals surface area contributed by atoms with E-state index in [0.717, 1.165) is 7.11 Å². The van der Waals surface area contributed by atoms with Crippen LogP contribution in [0.1, 0.15) is 17.7 Å². The van der Waals surface area contributed by atoms with Crippen molar-refractivity contribution in [2.45, 2.75) is 12.6 Å². The normalized spacial score (nSPS) is 11.9. The first-order chi connectivity index (χ1) is 7.27. The summed E-state index contributed by atoms with van der Waals surface area (Å²) in [5.74, 6) is -0.531. The SMILES string of the molecule is COc1nc(C(F)(F)F)c(C(F)F)cc1N. The molecule has 1 heterocycles. The van der Waals surface area contributed by atoms with Gasteiger partial charge in [0.15, 0.2) is 5.69 Å². The lowest BCUT2D eigenvalue weighted by atomic mass is 10.1. The van der Waals surface area contributed by atoms with Crippen LogP contribution in [0.15, 0.2) is 6.07 Å². The van der Waals surface area contributed by atoms with E-state index in [1.54, 1.807) is 0 Å². The van der Waals surface area contributed by atoms with Gasteiger partial charge in [0.2, 0.25) is 5.88 Å². The van der Waals surface area contributed by atoms with Crippen LogP contribution >= 0.6 is 0 Å². The lowest BCUT2D eigenvalue weighted by Gasteiger charge is -2.13. The number of anilines is 1. The topological polar surface area (TPSA) is 48.1 Å². The highest BCUT2D eigenvalue weighted by molar-refractivity contribution is 5.52. The third-order valence-electron chi connectivity index (χ3n) is 1.74. The Balaban J connectivity index is 3.43. The summed E-state index contributed by atoms with van der Waals surface area (Å²) in [7, 11) is 1.04. The standard InChI is InChI=1S/C8H7F5N2O/c1-16-7-4(14)2-3(6(9)10)5(15-7)8(11,12)13/h2,6H,14H2,1H3. The number of methoxy groups -OCH3 is 1. The van der Waals surface area contributed by atoms with Gasteiger partial charge in [-0.3, -0.25) is 0 Å². The minimum absolute atomic E-state index is 0.370. The molecule has 0 amide bonds. The van der Waals surface area contributed by atoms with Crippen molar-refractivity contribution in [3.05, 3.63) is 17.3 Å². The Morgan fingerprint density at radius 2 is 1.94 bits per heavy atom. The van der Waals surface area contributed by atoms with Crippen LogP contribution in [-0.4, -0.2) is 12.1 Å². The maximum Gasteiger partial charge on any atom is 0.433 e. The zero-order valence-corrected chi connectivity index (χ0v) is 7.98. The van der Waals surface area contributed by atoms with E-state index in [1.165, 1.54) is 0 Å². The fourth-order valence-electron chi connectivity index (χ4n) is 1.09. The molecular weight excluding hydrogens is 235 g/mol. The molecule has 16 heavy (non-hydrogen) atoms. The maximum absolute atomic E-state index is 12.4. The van der Waals surface area contributed by atoms with E-state index in [-0.39, 0.29) is 5.69 Å². The highest BCUT2D eigenvalue weighted by atomic mass is 19.4. The van der Waals surface area contributed by atoms with Crippen LogP contribution in [0.2, 0.25) is 0 Å². The van der Waals surface area contributed by atoms with Gasteiger partial charge in [0.25, 0.3) is 6.43 Å². The highest BCUT2D eigenvalue weighted by Gasteiger charge is 2.38. The number of nitrogens with two attached hydrogens (primary N) is 1. The van der Waals surface area contributed by atoms with E-state index < -0.39 is 29.7 Å². The largest absolute Gasteiger partial charge is 0.480 e. The Kier molecular flexibility index (Phi) is 3.20. The summed E-state index contributed by atoms with van der Waals surface area (Å²) in [5.41, 5.74) is 1.88. The lowest BCUT2D eigenvalue weighted by Crippen LogP contribution is -2.14. The second-order valence-corrected chi connectivity index (χ2v) is 2.82. The predicted octanol–water partition coefficient (Wildman–Crippen LogP) is 2.63. The molecule has 0 aliphatic heterocycles. The molecule has 0 radical (unpaired) electrons. The first-order valence-corrected chi connectivity index (χ1v) is 3.97. The van der Waals surface area contributed by atoms with Gasteiger partial charge in [-0.05, 0) is 6.07 Å². The number of aromatic nitrogens is 1. The smallest absolute Gasteiger partial charge is 0.433 e. The number of ether oxygens (including phenoxy) is 1. The number of nitrogens with zero attached hydrogens (tertiary/aromatic N) is 1. The summed E-state index contributed by atoms with van der Waals surface area (Å²) in [6.07, 6.45) is -8.29. The highest BCUT2D eigenvalue weighted by Crippen LogP contribution is 2.38. The second-order valence-electron chi connectivity index (χ2n) is 2.82. The van der Waals surface area contributed by atoms with Crippen molar-refractivity contribution in [1.29, 1.82) is 0 Å². The van der Waals surface area contributed by atoms with Crippen LogP contribution in [0.25, 0.3) is 0 Å². The molecule has 8 heteroatoms. The van der Waals surface area contributed by atoms with Gasteiger partial charge in [0.05, 0.1) is 18.4 Å². The molecule has 0 saturated carbocycles. The van der Waals surface area contributed by atoms with Crippen molar-refractivity contribution < 1.29 is 26.7 Å². The molecule has 0 aromatic carbocycles. The molecule has 0 bridgehead atoms. The fraction of sp³-hybridized carbons (Fsp3) is 0.375. The number of hydrogen-bond acceptors (Lipinski definition) is 3. The molecule has 0 saturated heterocycles. The summed E-state index contributed by atoms with van der Waals surface area (Å²) in [6.45, 7) is 0. The zero-order valence-electron chi connectivity index (χ0n) is 7.98. The third kappa shape index (κ3) is 2.31. The summed E-state index contributed by atoms with van der Waals surface area (Å²) >= 11 is 0. The Morgan fingerprint density at radius 1 is 1.38 bits per heavy atom. The predicted molar refractivity (Wildman–Crippen MR) is 45.2 cm³/mol. The number of pyridine rings is 1. The number of halogens is 5. The summed E-state index contributed by atoms with van der Waals surface area (Å²) in [6, 6.07) is 0.513. The Labute approximate surface area is 87.0 Å². The van der Waals surface area contributed by atoms with Gasteiger partial charge >= 0.3 is 6.18 Å². The molecule has 3 nitrogen and oxygen atoms in total. The fourth-order valence-corrected chi connectivity index (χ4v) is 1.09. The summed E-state index contributed by atoms with van der Waals surface area (Å²) in [5, 5.41) is 0. The molecular formula is C8H7F5N2O. The lowest BCUT2D eigenvalue weighted by molar-refractivity contribution is -0.143. The monoisotopic (exact) mass is 242 g/mol. The van der Waals surface area contributed by atoms with Crippen molar-refractivity contribution in [2.24, 2.45) is 0 Å². The molecule has 0 fully saturated rings. The molecule has 90 valence electrons. The van der Waals surface area contributed by atoms with E-state index in [0.29, 0.717) is 6.07 Å². The third-order valence-corrected chi connectivity index (χ3v) is 1.74. The van der Waals surface area contributed by atoms with Crippen LogP contribution in [-0.2, 0) is 6.18 Å². The average Bonchev–Trinajstić information content (AvgIpc) is 2.15. The average molecular weight is 242 g/mol. The first-order valence-electron chi connectivity index (χ1n) is 3.97. The number of hydrogen-bond donors (Lipinski definition) is 1. The Hall–Kier alpha value is -1.60. The van der Waals surface area contributed by atoms with Gasteiger partial charge in [-0.1, -0.05) is 0 Å². The van der Waals surface area contributed by atoms with Gasteiger partial charge in [-0.15, -0.1) is 0 Å². The summed E-state index contributed by atoms with van der Waals surface area (Å²) < 4.78 is 66.2. The Bertz CT molecular complexity index is 391. The Morgan fingerprint density at radius 3 is 2.31 bits per heavy atom. The molecule has 0 aliphatic rings. The maximum atomic E-state index is 12.4. The van der Waals surface area contributed by atoms with E-state index in [9.17, 15) is 22.0 Å². The van der Waals surface area contributed by atoms with Crippen molar-refractivity contribution >= 4 is 5.69 Å². The number of nitrogen functional groups attached to an aromatic ring is 1. The van der Waals surface area contributed by atoms with Crippen molar-refractivity contribution in [3.63, 3.8) is 0 Å². The van der Waals surface area contributed by atoms with Crippen molar-refractivity contribution in [2.75, 3.05) is 12.8 Å². The molecule has 0 spiro atoms. The quantitative estimate of drug-likeness (QED) is 0.811. The molecule has 2 N–H and O–H groups in total. The van der Waals surface area contributed by atoms with E-state index in [4.69, 9.17) is 5.73 Å². The van der Waals surface area contributed by atoms with Gasteiger partial charge < -0.3 is 10.5 Å². The molecule has 0 atom stereocenters. The molecule has 0 aliphatic carbocycles. The van der Waals surface area contributed by atoms with Crippen LogP contribution in [0.3, 0.4) is 0 Å². The molecule has 0 unspecified atom stereocenters. The number of rotatable bonds is 2. The van der Waals surface area contributed by atoms with Crippen LogP contribution in [0.5, 0.6) is 5.88 Å². The van der Waals surface area contributed by atoms with Gasteiger partial charge in [-0.2, -0.15) is 13.2 Å². The van der Waals surface area contributed by atoms with Crippen LogP contribution < -0.4 is 10.5 Å². The minimum Gasteiger partial charge on any atom is -0.480 e. The first kappa shape index (κ1) is 12.5. The van der Waals surface area contributed by atoms with Crippen molar-refractivity contribution in [1.82, 2.24) is 4.98 Å². The minimum atomic E-state index is -4.98. The van der Waals surface area contributed by atoms with Crippen molar-refractivity contribution in [3.8, 4) is 5.88 Å². The van der Waals surface area contributed by atoms with Gasteiger partial charge in [0, 0.05) is 0 Å². The van der Waals surface area contributed by atoms with E-state index in [1.807, 2.05) is 0 Å². The number of alkyl halides is 5. The zero-order chi connectivity index (χ0) is 12.5.